The van der Waals surface area contributed by atoms with E-state index in [4.69, 9.17) is 5.11 Å². The fourth-order valence-electron chi connectivity index (χ4n) is 2.01. The molecule has 1 fully saturated rings. The molecule has 0 aliphatic heterocycles. The van der Waals surface area contributed by atoms with E-state index in [-0.39, 0.29) is 17.5 Å². The summed E-state index contributed by atoms with van der Waals surface area (Å²) in [5, 5.41) is 8.92. The van der Waals surface area contributed by atoms with Gasteiger partial charge in [-0.15, -0.1) is 0 Å². The third-order valence-electron chi connectivity index (χ3n) is 3.16. The Kier molecular flexibility index (Phi) is 4.04. The van der Waals surface area contributed by atoms with Crippen LogP contribution >= 0.6 is 0 Å². The first-order chi connectivity index (χ1) is 8.51. The summed E-state index contributed by atoms with van der Waals surface area (Å²) in [5.74, 6) is 0.694. The lowest BCUT2D eigenvalue weighted by atomic mass is 10.2. The summed E-state index contributed by atoms with van der Waals surface area (Å²) in [6.07, 6.45) is 3.35. The Morgan fingerprint density at radius 3 is 2.44 bits per heavy atom. The molecule has 0 aromatic heterocycles. The zero-order valence-corrected chi connectivity index (χ0v) is 11.3. The van der Waals surface area contributed by atoms with E-state index in [9.17, 15) is 8.42 Å². The molecule has 100 valence electrons. The van der Waals surface area contributed by atoms with Crippen LogP contribution in [0.25, 0.3) is 0 Å². The summed E-state index contributed by atoms with van der Waals surface area (Å²) in [5.41, 5.74) is 0.708. The van der Waals surface area contributed by atoms with Gasteiger partial charge in [-0.25, -0.2) is 13.1 Å². The van der Waals surface area contributed by atoms with Gasteiger partial charge in [0, 0.05) is 6.04 Å². The van der Waals surface area contributed by atoms with Gasteiger partial charge in [0.1, 0.15) is 0 Å². The molecule has 2 N–H and O–H groups in total. The summed E-state index contributed by atoms with van der Waals surface area (Å²) in [7, 11) is -3.43. The van der Waals surface area contributed by atoms with E-state index < -0.39 is 10.0 Å². The average molecular weight is 269 g/mol. The highest BCUT2D eigenvalue weighted by atomic mass is 32.2. The van der Waals surface area contributed by atoms with Crippen molar-refractivity contribution in [3.05, 3.63) is 29.8 Å². The first kappa shape index (κ1) is 13.5. The van der Waals surface area contributed by atoms with Gasteiger partial charge in [-0.2, -0.15) is 0 Å². The number of aliphatic hydroxyl groups excluding tert-OH is 1. The van der Waals surface area contributed by atoms with Gasteiger partial charge in [0.15, 0.2) is 0 Å². The van der Waals surface area contributed by atoms with Crippen LogP contribution in [-0.2, 0) is 16.6 Å². The zero-order chi connectivity index (χ0) is 13.2. The van der Waals surface area contributed by atoms with Crippen molar-refractivity contribution < 1.29 is 13.5 Å². The molecule has 18 heavy (non-hydrogen) atoms. The molecular formula is C13H19NO3S. The van der Waals surface area contributed by atoms with Gasteiger partial charge in [-0.1, -0.05) is 25.0 Å². The second-order valence-corrected chi connectivity index (χ2v) is 6.72. The Balaban J connectivity index is 2.03. The van der Waals surface area contributed by atoms with E-state index in [1.807, 2.05) is 6.92 Å². The minimum atomic E-state index is -3.43. The van der Waals surface area contributed by atoms with Crippen molar-refractivity contribution in [1.82, 2.24) is 4.72 Å². The molecule has 1 aliphatic carbocycles. The van der Waals surface area contributed by atoms with Crippen LogP contribution in [0.15, 0.2) is 29.2 Å². The SMILES string of the molecule is CC(CC1CC1)NS(=O)(=O)c1ccc(CO)cc1. The Bertz CT molecular complexity index is 491. The average Bonchev–Trinajstić information content (AvgIpc) is 3.12. The quantitative estimate of drug-likeness (QED) is 0.825. The summed E-state index contributed by atoms with van der Waals surface area (Å²) in [4.78, 5) is 0.252. The maximum absolute atomic E-state index is 12.1. The third kappa shape index (κ3) is 3.54. The van der Waals surface area contributed by atoms with Crippen molar-refractivity contribution in [2.45, 2.75) is 43.7 Å². The molecule has 4 nitrogen and oxygen atoms in total. The van der Waals surface area contributed by atoms with Crippen molar-refractivity contribution in [1.29, 1.82) is 0 Å². The highest BCUT2D eigenvalue weighted by Gasteiger charge is 2.26. The number of benzene rings is 1. The normalized spacial score (nSPS) is 17.7. The summed E-state index contributed by atoms with van der Waals surface area (Å²) >= 11 is 0. The molecule has 0 amide bonds. The number of hydrogen-bond donors (Lipinski definition) is 2. The van der Waals surface area contributed by atoms with Gasteiger partial charge < -0.3 is 5.11 Å². The van der Waals surface area contributed by atoms with Gasteiger partial charge in [-0.3, -0.25) is 0 Å². The molecule has 0 spiro atoms. The van der Waals surface area contributed by atoms with Crippen LogP contribution in [0.5, 0.6) is 0 Å². The minimum absolute atomic E-state index is 0.0278. The molecule has 1 aromatic carbocycles. The Morgan fingerprint density at radius 2 is 1.94 bits per heavy atom. The highest BCUT2D eigenvalue weighted by Crippen LogP contribution is 2.33. The lowest BCUT2D eigenvalue weighted by Gasteiger charge is -2.13. The first-order valence-corrected chi connectivity index (χ1v) is 7.71. The van der Waals surface area contributed by atoms with Crippen molar-refractivity contribution in [3.8, 4) is 0 Å². The van der Waals surface area contributed by atoms with Gasteiger partial charge >= 0.3 is 0 Å². The number of aliphatic hydroxyl groups is 1. The first-order valence-electron chi connectivity index (χ1n) is 6.23. The Morgan fingerprint density at radius 1 is 1.33 bits per heavy atom. The van der Waals surface area contributed by atoms with E-state index in [0.29, 0.717) is 11.5 Å². The Labute approximate surface area is 108 Å². The maximum atomic E-state index is 12.1. The van der Waals surface area contributed by atoms with Crippen LogP contribution in [0.1, 0.15) is 31.7 Å². The van der Waals surface area contributed by atoms with Crippen molar-refractivity contribution in [3.63, 3.8) is 0 Å². The van der Waals surface area contributed by atoms with Crippen LogP contribution in [0.2, 0.25) is 0 Å². The molecule has 1 saturated carbocycles. The largest absolute Gasteiger partial charge is 0.392 e. The van der Waals surface area contributed by atoms with Crippen LogP contribution in [0.3, 0.4) is 0 Å². The van der Waals surface area contributed by atoms with Gasteiger partial charge in [0.2, 0.25) is 10.0 Å². The van der Waals surface area contributed by atoms with Crippen molar-refractivity contribution in [2.24, 2.45) is 5.92 Å². The highest BCUT2D eigenvalue weighted by molar-refractivity contribution is 7.89. The molecule has 5 heteroatoms. The van der Waals surface area contributed by atoms with Gasteiger partial charge in [0.05, 0.1) is 11.5 Å². The summed E-state index contributed by atoms with van der Waals surface area (Å²) < 4.78 is 26.8. The lowest BCUT2D eigenvalue weighted by molar-refractivity contribution is 0.282. The van der Waals surface area contributed by atoms with Crippen LogP contribution in [0, 0.1) is 5.92 Å². The number of sulfonamides is 1. The third-order valence-corrected chi connectivity index (χ3v) is 4.76. The van der Waals surface area contributed by atoms with E-state index in [0.717, 1.165) is 6.42 Å². The molecule has 1 aromatic rings. The lowest BCUT2D eigenvalue weighted by Crippen LogP contribution is -2.32. The molecule has 2 rings (SSSR count). The molecule has 1 atom stereocenters. The predicted octanol–water partition coefficient (Wildman–Crippen LogP) is 1.65. The topological polar surface area (TPSA) is 66.4 Å². The summed E-state index contributed by atoms with van der Waals surface area (Å²) in [6, 6.07) is 6.27. The van der Waals surface area contributed by atoms with Crippen molar-refractivity contribution in [2.75, 3.05) is 0 Å². The molecule has 1 unspecified atom stereocenters. The molecule has 0 saturated heterocycles. The predicted molar refractivity (Wildman–Crippen MR) is 69.5 cm³/mol. The molecule has 0 bridgehead atoms. The number of rotatable bonds is 6. The summed E-state index contributed by atoms with van der Waals surface area (Å²) in [6.45, 7) is 1.82. The monoisotopic (exact) mass is 269 g/mol. The van der Waals surface area contributed by atoms with E-state index in [1.54, 1.807) is 12.1 Å². The van der Waals surface area contributed by atoms with Gasteiger partial charge in [0.25, 0.3) is 0 Å². The standard InChI is InChI=1S/C13H19NO3S/c1-10(8-11-2-3-11)14-18(16,17)13-6-4-12(9-15)5-7-13/h4-7,10-11,14-15H,2-3,8-9H2,1H3. The van der Waals surface area contributed by atoms with Crippen molar-refractivity contribution >= 4 is 10.0 Å². The number of hydrogen-bond acceptors (Lipinski definition) is 3. The second kappa shape index (κ2) is 5.38. The van der Waals surface area contributed by atoms with E-state index >= 15 is 0 Å². The zero-order valence-electron chi connectivity index (χ0n) is 10.5. The molecule has 1 aliphatic rings. The molecule has 0 heterocycles. The number of nitrogens with one attached hydrogen (secondary N) is 1. The van der Waals surface area contributed by atoms with Crippen LogP contribution < -0.4 is 4.72 Å². The molecule has 0 radical (unpaired) electrons. The fraction of sp³-hybridized carbons (Fsp3) is 0.538. The smallest absolute Gasteiger partial charge is 0.240 e. The van der Waals surface area contributed by atoms with E-state index in [1.165, 1.54) is 25.0 Å². The van der Waals surface area contributed by atoms with Gasteiger partial charge in [-0.05, 0) is 37.0 Å². The second-order valence-electron chi connectivity index (χ2n) is 5.00. The van der Waals surface area contributed by atoms with Crippen LogP contribution in [0.4, 0.5) is 0 Å². The maximum Gasteiger partial charge on any atom is 0.240 e. The Hall–Kier alpha value is -0.910. The molecular weight excluding hydrogens is 250 g/mol. The fourth-order valence-corrected chi connectivity index (χ4v) is 3.26. The van der Waals surface area contributed by atoms with E-state index in [2.05, 4.69) is 4.72 Å². The minimum Gasteiger partial charge on any atom is -0.392 e. The van der Waals surface area contributed by atoms with Crippen LogP contribution in [-0.4, -0.2) is 19.6 Å².